The second-order valence-corrected chi connectivity index (χ2v) is 6.18. The van der Waals surface area contributed by atoms with Crippen LogP contribution in [0.4, 0.5) is 5.69 Å². The molecule has 1 aromatic heterocycles. The summed E-state index contributed by atoms with van der Waals surface area (Å²) in [6, 6.07) is 5.81. The monoisotopic (exact) mass is 317 g/mol. The van der Waals surface area contributed by atoms with E-state index in [4.69, 9.17) is 10.5 Å². The summed E-state index contributed by atoms with van der Waals surface area (Å²) in [7, 11) is 0. The number of hydrogen-bond donors (Lipinski definition) is 2. The molecule has 1 aliphatic rings. The zero-order chi connectivity index (χ0) is 15.4. The Morgan fingerprint density at radius 2 is 2.23 bits per heavy atom. The largest absolute Gasteiger partial charge is 0.482 e. The molecule has 0 bridgehead atoms. The molecule has 2 aromatic rings. The fourth-order valence-corrected chi connectivity index (χ4v) is 3.24. The lowest BCUT2D eigenvalue weighted by Crippen LogP contribution is -2.36. The van der Waals surface area contributed by atoms with Gasteiger partial charge in [0, 0.05) is 17.0 Å². The molecule has 0 atom stereocenters. The predicted octanol–water partition coefficient (Wildman–Crippen LogP) is 2.83. The van der Waals surface area contributed by atoms with Gasteiger partial charge in [-0.25, -0.2) is 4.98 Å². The number of aromatic nitrogens is 1. The van der Waals surface area contributed by atoms with E-state index in [0.29, 0.717) is 17.5 Å². The fourth-order valence-electron chi connectivity index (χ4n) is 2.68. The van der Waals surface area contributed by atoms with Gasteiger partial charge in [-0.15, -0.1) is 11.3 Å². The van der Waals surface area contributed by atoms with Crippen LogP contribution < -0.4 is 15.8 Å². The maximum atomic E-state index is 11.9. The zero-order valence-electron chi connectivity index (χ0n) is 12.2. The number of nitrogens with one attached hydrogen (secondary N) is 1. The minimum atomic E-state index is -0.0881. The van der Waals surface area contributed by atoms with E-state index in [1.165, 1.54) is 24.2 Å². The summed E-state index contributed by atoms with van der Waals surface area (Å²) >= 11 is 1.54. The number of rotatable bonds is 5. The number of nitrogen functional groups attached to an aromatic ring is 1. The summed E-state index contributed by atoms with van der Waals surface area (Å²) < 4.78 is 5.53. The van der Waals surface area contributed by atoms with E-state index in [-0.39, 0.29) is 12.5 Å². The number of amides is 1. The van der Waals surface area contributed by atoms with Crippen molar-refractivity contribution in [3.63, 3.8) is 0 Å². The summed E-state index contributed by atoms with van der Waals surface area (Å²) in [5, 5.41) is 4.95. The van der Waals surface area contributed by atoms with E-state index in [0.717, 1.165) is 24.1 Å². The van der Waals surface area contributed by atoms with Crippen molar-refractivity contribution in [3.8, 4) is 17.0 Å². The molecular weight excluding hydrogens is 298 g/mol. The first kappa shape index (κ1) is 14.8. The van der Waals surface area contributed by atoms with Crippen molar-refractivity contribution in [1.82, 2.24) is 10.3 Å². The number of benzene rings is 1. The number of anilines is 1. The first-order valence-corrected chi connectivity index (χ1v) is 8.37. The van der Waals surface area contributed by atoms with Crippen molar-refractivity contribution in [2.75, 3.05) is 12.3 Å². The molecule has 0 saturated heterocycles. The molecule has 3 N–H and O–H groups in total. The number of thiazole rings is 1. The van der Waals surface area contributed by atoms with Crippen LogP contribution in [0.1, 0.15) is 25.7 Å². The van der Waals surface area contributed by atoms with Gasteiger partial charge in [0.1, 0.15) is 5.75 Å². The van der Waals surface area contributed by atoms with Crippen LogP contribution in [0, 0.1) is 0 Å². The smallest absolute Gasteiger partial charge is 0.258 e. The molecule has 0 unspecified atom stereocenters. The predicted molar refractivity (Wildman–Crippen MR) is 87.9 cm³/mol. The van der Waals surface area contributed by atoms with Gasteiger partial charge in [0.25, 0.3) is 5.91 Å². The van der Waals surface area contributed by atoms with Gasteiger partial charge in [0.05, 0.1) is 16.9 Å². The summed E-state index contributed by atoms with van der Waals surface area (Å²) in [4.78, 5) is 16.1. The van der Waals surface area contributed by atoms with E-state index >= 15 is 0 Å². The molecule has 1 amide bonds. The van der Waals surface area contributed by atoms with Crippen molar-refractivity contribution in [2.24, 2.45) is 0 Å². The van der Waals surface area contributed by atoms with Gasteiger partial charge in [-0.05, 0) is 31.0 Å². The highest BCUT2D eigenvalue weighted by Gasteiger charge is 2.17. The molecule has 1 saturated carbocycles. The number of carbonyl (C=O) groups is 1. The summed E-state index contributed by atoms with van der Waals surface area (Å²) in [6.07, 6.45) is 4.51. The summed E-state index contributed by atoms with van der Waals surface area (Å²) in [5.41, 5.74) is 10.1. The van der Waals surface area contributed by atoms with E-state index in [1.54, 1.807) is 11.6 Å². The zero-order valence-corrected chi connectivity index (χ0v) is 13.1. The molecular formula is C16H19N3O2S. The number of carbonyl (C=O) groups excluding carboxylic acids is 1. The van der Waals surface area contributed by atoms with Crippen molar-refractivity contribution >= 4 is 22.9 Å². The molecule has 5 nitrogen and oxygen atoms in total. The molecule has 1 fully saturated rings. The van der Waals surface area contributed by atoms with Gasteiger partial charge >= 0.3 is 0 Å². The van der Waals surface area contributed by atoms with Crippen LogP contribution in [0.2, 0.25) is 0 Å². The Labute approximate surface area is 133 Å². The average Bonchev–Trinajstić information content (AvgIpc) is 3.19. The normalized spacial score (nSPS) is 14.9. The Bertz CT molecular complexity index is 637. The number of nitrogens with zero attached hydrogens (tertiary/aromatic N) is 1. The molecule has 1 heterocycles. The first-order valence-electron chi connectivity index (χ1n) is 7.42. The van der Waals surface area contributed by atoms with Crippen LogP contribution in [0.15, 0.2) is 29.1 Å². The van der Waals surface area contributed by atoms with Crippen LogP contribution in [0.5, 0.6) is 5.75 Å². The van der Waals surface area contributed by atoms with Crippen molar-refractivity contribution < 1.29 is 9.53 Å². The average molecular weight is 317 g/mol. The third-order valence-corrected chi connectivity index (χ3v) is 4.40. The maximum Gasteiger partial charge on any atom is 0.258 e. The Kier molecular flexibility index (Phi) is 4.58. The SMILES string of the molecule is Nc1cc(-c2cscn2)ccc1OCC(=O)NC1CCCC1. The highest BCUT2D eigenvalue weighted by molar-refractivity contribution is 7.07. The Morgan fingerprint density at radius 1 is 1.41 bits per heavy atom. The number of nitrogens with two attached hydrogens (primary N) is 1. The molecule has 116 valence electrons. The maximum absolute atomic E-state index is 11.9. The van der Waals surface area contributed by atoms with Gasteiger partial charge < -0.3 is 15.8 Å². The van der Waals surface area contributed by atoms with Crippen LogP contribution >= 0.6 is 11.3 Å². The molecule has 0 radical (unpaired) electrons. The highest BCUT2D eigenvalue weighted by atomic mass is 32.1. The van der Waals surface area contributed by atoms with E-state index in [1.807, 2.05) is 17.5 Å². The van der Waals surface area contributed by atoms with Crippen LogP contribution in [-0.4, -0.2) is 23.5 Å². The lowest BCUT2D eigenvalue weighted by molar-refractivity contribution is -0.123. The van der Waals surface area contributed by atoms with Gasteiger partial charge in [-0.3, -0.25) is 4.79 Å². The Balaban J connectivity index is 1.57. The van der Waals surface area contributed by atoms with Crippen molar-refractivity contribution in [1.29, 1.82) is 0 Å². The topological polar surface area (TPSA) is 77.2 Å². The van der Waals surface area contributed by atoms with Crippen LogP contribution in [0.25, 0.3) is 11.3 Å². The van der Waals surface area contributed by atoms with E-state index in [2.05, 4.69) is 10.3 Å². The van der Waals surface area contributed by atoms with E-state index in [9.17, 15) is 4.79 Å². The molecule has 0 aliphatic heterocycles. The second-order valence-electron chi connectivity index (χ2n) is 5.46. The molecule has 0 spiro atoms. The Hall–Kier alpha value is -2.08. The van der Waals surface area contributed by atoms with Gasteiger partial charge in [-0.2, -0.15) is 0 Å². The van der Waals surface area contributed by atoms with Gasteiger partial charge in [0.2, 0.25) is 0 Å². The van der Waals surface area contributed by atoms with Crippen molar-refractivity contribution in [2.45, 2.75) is 31.7 Å². The molecule has 6 heteroatoms. The number of hydrogen-bond acceptors (Lipinski definition) is 5. The highest BCUT2D eigenvalue weighted by Crippen LogP contribution is 2.28. The molecule has 3 rings (SSSR count). The first-order chi connectivity index (χ1) is 10.7. The van der Waals surface area contributed by atoms with Gasteiger partial charge in [-0.1, -0.05) is 12.8 Å². The van der Waals surface area contributed by atoms with E-state index < -0.39 is 0 Å². The number of ether oxygens (including phenoxy) is 1. The fraction of sp³-hybridized carbons (Fsp3) is 0.375. The summed E-state index contributed by atoms with van der Waals surface area (Å²) in [5.74, 6) is 0.440. The third-order valence-electron chi connectivity index (χ3n) is 3.82. The molecule has 1 aromatic carbocycles. The molecule has 1 aliphatic carbocycles. The van der Waals surface area contributed by atoms with Gasteiger partial charge in [0.15, 0.2) is 6.61 Å². The lowest BCUT2D eigenvalue weighted by Gasteiger charge is -2.13. The molecule has 22 heavy (non-hydrogen) atoms. The minimum Gasteiger partial charge on any atom is -0.482 e. The summed E-state index contributed by atoms with van der Waals surface area (Å²) in [6.45, 7) is -0.00323. The van der Waals surface area contributed by atoms with Crippen LogP contribution in [-0.2, 0) is 4.79 Å². The Morgan fingerprint density at radius 3 is 2.91 bits per heavy atom. The quantitative estimate of drug-likeness (QED) is 0.831. The minimum absolute atomic E-state index is 0.00323. The standard InChI is InChI=1S/C16H19N3O2S/c17-13-7-11(14-9-22-10-18-14)5-6-15(13)21-8-16(20)19-12-3-1-2-4-12/h5-7,9-10,12H,1-4,8,17H2,(H,19,20). The lowest BCUT2D eigenvalue weighted by atomic mass is 10.1. The van der Waals surface area contributed by atoms with Crippen molar-refractivity contribution in [3.05, 3.63) is 29.1 Å². The third kappa shape index (κ3) is 3.57. The second kappa shape index (κ2) is 6.79. The van der Waals surface area contributed by atoms with Crippen LogP contribution in [0.3, 0.4) is 0 Å².